The lowest BCUT2D eigenvalue weighted by Gasteiger charge is -2.36. The zero-order valence-corrected chi connectivity index (χ0v) is 13.2. The second kappa shape index (κ2) is 7.22. The van der Waals surface area contributed by atoms with Gasteiger partial charge in [-0.05, 0) is 19.3 Å². The minimum Gasteiger partial charge on any atom is -0.341 e. The fourth-order valence-corrected chi connectivity index (χ4v) is 4.18. The highest BCUT2D eigenvalue weighted by Crippen LogP contribution is 2.33. The topological polar surface area (TPSA) is 23.6 Å². The Morgan fingerprint density at radius 1 is 1.29 bits per heavy atom. The Morgan fingerprint density at radius 3 is 2.71 bits per heavy atom. The van der Waals surface area contributed by atoms with Crippen LogP contribution in [0.2, 0.25) is 0 Å². The fraction of sp³-hybridized carbons (Fsp3) is 0.929. The van der Waals surface area contributed by atoms with Gasteiger partial charge in [-0.15, -0.1) is 0 Å². The molecular weight excluding hydrogens is 301 g/mol. The molecule has 2 heterocycles. The first-order chi connectivity index (χ1) is 9.90. The summed E-state index contributed by atoms with van der Waals surface area (Å²) in [4.78, 5) is 15.7. The third-order valence-corrected chi connectivity index (χ3v) is 5.65. The van der Waals surface area contributed by atoms with Crippen molar-refractivity contribution in [3.8, 4) is 0 Å². The first-order valence-electron chi connectivity index (χ1n) is 7.58. The maximum absolute atomic E-state index is 12.8. The molecule has 3 nitrogen and oxygen atoms in total. The van der Waals surface area contributed by atoms with Gasteiger partial charge in [0.2, 0.25) is 5.91 Å². The quantitative estimate of drug-likeness (QED) is 0.797. The Labute approximate surface area is 128 Å². The van der Waals surface area contributed by atoms with E-state index in [4.69, 9.17) is 0 Å². The molecule has 0 radical (unpaired) electrons. The number of thioether (sulfide) groups is 1. The monoisotopic (exact) mass is 324 g/mol. The molecule has 21 heavy (non-hydrogen) atoms. The zero-order valence-electron chi connectivity index (χ0n) is 12.4. The van der Waals surface area contributed by atoms with E-state index in [1.807, 2.05) is 11.8 Å². The minimum absolute atomic E-state index is 0.144. The van der Waals surface area contributed by atoms with Crippen LogP contribution in [0.15, 0.2) is 0 Å². The van der Waals surface area contributed by atoms with Crippen LogP contribution in [0, 0.1) is 5.92 Å². The number of alkyl halides is 3. The van der Waals surface area contributed by atoms with Gasteiger partial charge >= 0.3 is 6.18 Å². The van der Waals surface area contributed by atoms with Crippen LogP contribution >= 0.6 is 11.8 Å². The molecule has 0 aliphatic carbocycles. The van der Waals surface area contributed by atoms with Crippen molar-refractivity contribution >= 4 is 17.7 Å². The van der Waals surface area contributed by atoms with Gasteiger partial charge in [0, 0.05) is 37.2 Å². The molecule has 0 aromatic rings. The van der Waals surface area contributed by atoms with E-state index in [1.165, 1.54) is 4.90 Å². The zero-order chi connectivity index (χ0) is 15.5. The number of likely N-dealkylation sites (tertiary alicyclic amines) is 1. The first-order valence-corrected chi connectivity index (χ1v) is 8.63. The van der Waals surface area contributed by atoms with Crippen molar-refractivity contribution in [2.24, 2.45) is 5.92 Å². The summed E-state index contributed by atoms with van der Waals surface area (Å²) in [7, 11) is 0. The highest BCUT2D eigenvalue weighted by Gasteiger charge is 2.42. The SMILES string of the molecule is CC[C@@H]1CN(CC(=O)N2CCC[C@H](C(F)(F)F)C2)CCS1. The summed E-state index contributed by atoms with van der Waals surface area (Å²) in [6.45, 7) is 4.41. The maximum Gasteiger partial charge on any atom is 0.393 e. The minimum atomic E-state index is -4.19. The second-order valence-corrected chi connectivity index (χ2v) is 7.26. The van der Waals surface area contributed by atoms with Gasteiger partial charge in [-0.25, -0.2) is 0 Å². The molecule has 2 aliphatic heterocycles. The Bertz CT molecular complexity index is 365. The molecular formula is C14H23F3N2OS. The van der Waals surface area contributed by atoms with E-state index in [1.54, 1.807) is 0 Å². The van der Waals surface area contributed by atoms with Crippen molar-refractivity contribution in [2.75, 3.05) is 38.5 Å². The van der Waals surface area contributed by atoms with Gasteiger partial charge in [0.05, 0.1) is 12.5 Å². The summed E-state index contributed by atoms with van der Waals surface area (Å²) in [6, 6.07) is 0. The maximum atomic E-state index is 12.8. The summed E-state index contributed by atoms with van der Waals surface area (Å²) in [5.74, 6) is -0.502. The molecule has 0 aromatic carbocycles. The molecule has 0 bridgehead atoms. The average molecular weight is 324 g/mol. The van der Waals surface area contributed by atoms with Crippen molar-refractivity contribution in [2.45, 2.75) is 37.6 Å². The van der Waals surface area contributed by atoms with Crippen LogP contribution in [0.5, 0.6) is 0 Å². The van der Waals surface area contributed by atoms with Crippen molar-refractivity contribution in [1.82, 2.24) is 9.80 Å². The van der Waals surface area contributed by atoms with Gasteiger partial charge in [0.1, 0.15) is 0 Å². The van der Waals surface area contributed by atoms with Crippen LogP contribution < -0.4 is 0 Å². The summed E-state index contributed by atoms with van der Waals surface area (Å²) in [5.41, 5.74) is 0. The molecule has 2 fully saturated rings. The van der Waals surface area contributed by atoms with Crippen LogP contribution in [-0.4, -0.2) is 65.6 Å². The third-order valence-electron chi connectivity index (χ3n) is 4.27. The van der Waals surface area contributed by atoms with E-state index in [2.05, 4.69) is 11.8 Å². The smallest absolute Gasteiger partial charge is 0.341 e. The van der Waals surface area contributed by atoms with Crippen LogP contribution in [0.4, 0.5) is 13.2 Å². The summed E-state index contributed by atoms with van der Waals surface area (Å²) >= 11 is 1.92. The first kappa shape index (κ1) is 16.9. The Balaban J connectivity index is 1.85. The van der Waals surface area contributed by atoms with E-state index in [9.17, 15) is 18.0 Å². The lowest BCUT2D eigenvalue weighted by atomic mass is 9.97. The number of nitrogens with zero attached hydrogens (tertiary/aromatic N) is 2. The number of hydrogen-bond acceptors (Lipinski definition) is 3. The molecule has 2 saturated heterocycles. The Kier molecular flexibility index (Phi) is 5.82. The van der Waals surface area contributed by atoms with Gasteiger partial charge < -0.3 is 4.90 Å². The molecule has 2 atom stereocenters. The summed E-state index contributed by atoms with van der Waals surface area (Å²) in [5, 5.41) is 0.538. The molecule has 7 heteroatoms. The molecule has 2 rings (SSSR count). The molecule has 0 spiro atoms. The summed E-state index contributed by atoms with van der Waals surface area (Å²) < 4.78 is 38.3. The molecule has 0 N–H and O–H groups in total. The number of carbonyl (C=O) groups excluding carboxylic acids is 1. The van der Waals surface area contributed by atoms with Crippen molar-refractivity contribution in [3.05, 3.63) is 0 Å². The van der Waals surface area contributed by atoms with Gasteiger partial charge in [-0.2, -0.15) is 24.9 Å². The molecule has 0 saturated carbocycles. The highest BCUT2D eigenvalue weighted by atomic mass is 32.2. The van der Waals surface area contributed by atoms with E-state index in [0.717, 1.165) is 25.3 Å². The van der Waals surface area contributed by atoms with E-state index < -0.39 is 12.1 Å². The predicted molar refractivity (Wildman–Crippen MR) is 78.3 cm³/mol. The van der Waals surface area contributed by atoms with E-state index in [0.29, 0.717) is 18.2 Å². The number of piperidine rings is 1. The van der Waals surface area contributed by atoms with E-state index in [-0.39, 0.29) is 25.4 Å². The normalized spacial score (nSPS) is 28.7. The summed E-state index contributed by atoms with van der Waals surface area (Å²) in [6.07, 6.45) is -2.53. The standard InChI is InChI=1S/C14H23F3N2OS/c1-2-12-9-18(6-7-21-12)10-13(20)19-5-3-4-11(8-19)14(15,16)17/h11-12H,2-10H2,1H3/t11-,12+/m0/s1. The molecule has 0 unspecified atom stereocenters. The van der Waals surface area contributed by atoms with Gasteiger partial charge in [0.15, 0.2) is 0 Å². The number of carbonyl (C=O) groups is 1. The molecule has 0 aromatic heterocycles. The lowest BCUT2D eigenvalue weighted by molar-refractivity contribution is -0.188. The van der Waals surface area contributed by atoms with Crippen LogP contribution in [0.1, 0.15) is 26.2 Å². The molecule has 2 aliphatic rings. The van der Waals surface area contributed by atoms with Crippen molar-refractivity contribution in [3.63, 3.8) is 0 Å². The number of amides is 1. The van der Waals surface area contributed by atoms with Gasteiger partial charge in [0.25, 0.3) is 0 Å². The van der Waals surface area contributed by atoms with Crippen molar-refractivity contribution in [1.29, 1.82) is 0 Å². The molecule has 122 valence electrons. The van der Waals surface area contributed by atoms with Crippen LogP contribution in [0.3, 0.4) is 0 Å². The van der Waals surface area contributed by atoms with Gasteiger partial charge in [-0.3, -0.25) is 9.69 Å². The van der Waals surface area contributed by atoms with Gasteiger partial charge in [-0.1, -0.05) is 6.92 Å². The predicted octanol–water partition coefficient (Wildman–Crippen LogP) is 2.61. The number of hydrogen-bond donors (Lipinski definition) is 0. The molecule has 1 amide bonds. The number of rotatable bonds is 3. The van der Waals surface area contributed by atoms with Crippen LogP contribution in [0.25, 0.3) is 0 Å². The van der Waals surface area contributed by atoms with Crippen molar-refractivity contribution < 1.29 is 18.0 Å². The Hall–Kier alpha value is -0.430. The van der Waals surface area contributed by atoms with E-state index >= 15 is 0 Å². The average Bonchev–Trinajstić information content (AvgIpc) is 2.46. The number of halogens is 3. The third kappa shape index (κ3) is 4.77. The van der Waals surface area contributed by atoms with Crippen LogP contribution in [-0.2, 0) is 4.79 Å². The Morgan fingerprint density at radius 2 is 2.05 bits per heavy atom. The lowest BCUT2D eigenvalue weighted by Crippen LogP contribution is -2.49. The largest absolute Gasteiger partial charge is 0.393 e. The highest BCUT2D eigenvalue weighted by molar-refractivity contribution is 8.00. The second-order valence-electron chi connectivity index (χ2n) is 5.86. The fourth-order valence-electron chi connectivity index (χ4n) is 2.93.